The van der Waals surface area contributed by atoms with Crippen molar-refractivity contribution in [2.75, 3.05) is 5.32 Å². The van der Waals surface area contributed by atoms with Gasteiger partial charge in [-0.25, -0.2) is 33.2 Å². The SMILES string of the molecule is C[C@H](Nc1ncnc2nc[nH]c12)c1nn2ccnc2c(=O)n1-c1cc(F)cc(F)c1. The van der Waals surface area contributed by atoms with E-state index in [1.165, 1.54) is 29.6 Å². The molecular weight excluding hydrogens is 396 g/mol. The molecule has 0 spiro atoms. The van der Waals surface area contributed by atoms with E-state index in [-0.39, 0.29) is 17.2 Å². The lowest BCUT2D eigenvalue weighted by Gasteiger charge is -2.19. The van der Waals surface area contributed by atoms with Gasteiger partial charge in [0, 0.05) is 18.5 Å². The Bertz CT molecular complexity index is 1440. The Kier molecular flexibility index (Phi) is 3.98. The second kappa shape index (κ2) is 6.69. The first-order chi connectivity index (χ1) is 14.5. The summed E-state index contributed by atoms with van der Waals surface area (Å²) in [4.78, 5) is 32.4. The molecule has 2 N–H and O–H groups in total. The van der Waals surface area contributed by atoms with Gasteiger partial charge in [-0.15, -0.1) is 0 Å². The highest BCUT2D eigenvalue weighted by Crippen LogP contribution is 2.22. The van der Waals surface area contributed by atoms with E-state index in [2.05, 4.69) is 35.3 Å². The van der Waals surface area contributed by atoms with E-state index in [1.807, 2.05) is 0 Å². The van der Waals surface area contributed by atoms with Gasteiger partial charge in [0.2, 0.25) is 5.65 Å². The Labute approximate surface area is 166 Å². The monoisotopic (exact) mass is 409 g/mol. The smallest absolute Gasteiger partial charge is 0.301 e. The number of halogens is 2. The zero-order valence-electron chi connectivity index (χ0n) is 15.4. The maximum Gasteiger partial charge on any atom is 0.301 e. The van der Waals surface area contributed by atoms with Crippen molar-refractivity contribution in [3.63, 3.8) is 0 Å². The summed E-state index contributed by atoms with van der Waals surface area (Å²) in [6, 6.07) is 2.24. The number of benzene rings is 1. The fraction of sp³-hybridized carbons (Fsp3) is 0.111. The minimum absolute atomic E-state index is 0.00600. The highest BCUT2D eigenvalue weighted by molar-refractivity contribution is 5.82. The van der Waals surface area contributed by atoms with Crippen molar-refractivity contribution < 1.29 is 8.78 Å². The minimum atomic E-state index is -0.818. The summed E-state index contributed by atoms with van der Waals surface area (Å²) in [6.45, 7) is 1.74. The highest BCUT2D eigenvalue weighted by Gasteiger charge is 2.21. The first kappa shape index (κ1) is 17.8. The molecule has 4 aromatic heterocycles. The van der Waals surface area contributed by atoms with Crippen molar-refractivity contribution in [2.45, 2.75) is 13.0 Å². The van der Waals surface area contributed by atoms with E-state index in [4.69, 9.17) is 0 Å². The maximum atomic E-state index is 13.9. The van der Waals surface area contributed by atoms with E-state index in [0.29, 0.717) is 17.0 Å². The largest absolute Gasteiger partial charge is 0.358 e. The first-order valence-corrected chi connectivity index (χ1v) is 8.84. The second-order valence-electron chi connectivity index (χ2n) is 6.51. The van der Waals surface area contributed by atoms with Crippen molar-refractivity contribution >= 4 is 22.6 Å². The molecule has 0 aliphatic rings. The number of aromatic nitrogens is 8. The third kappa shape index (κ3) is 2.85. The first-order valence-electron chi connectivity index (χ1n) is 8.84. The molecular formula is C18H13F2N9O. The van der Waals surface area contributed by atoms with Crippen LogP contribution in [0.3, 0.4) is 0 Å². The Morgan fingerprint density at radius 3 is 2.70 bits per heavy atom. The summed E-state index contributed by atoms with van der Waals surface area (Å²) < 4.78 is 30.2. The summed E-state index contributed by atoms with van der Waals surface area (Å²) in [7, 11) is 0. The molecule has 5 aromatic rings. The van der Waals surface area contributed by atoms with Crippen molar-refractivity contribution in [1.82, 2.24) is 39.1 Å². The van der Waals surface area contributed by atoms with Crippen LogP contribution in [0.4, 0.5) is 14.6 Å². The molecule has 0 amide bonds. The lowest BCUT2D eigenvalue weighted by molar-refractivity contribution is 0.578. The summed E-state index contributed by atoms with van der Waals surface area (Å²) in [5, 5.41) is 7.58. The third-order valence-corrected chi connectivity index (χ3v) is 4.52. The molecule has 1 atom stereocenters. The molecule has 4 heterocycles. The van der Waals surface area contributed by atoms with Crippen molar-refractivity contribution in [3.8, 4) is 5.69 Å². The number of nitrogens with one attached hydrogen (secondary N) is 2. The van der Waals surface area contributed by atoms with Gasteiger partial charge in [0.15, 0.2) is 17.3 Å². The second-order valence-corrected chi connectivity index (χ2v) is 6.51. The number of aromatic amines is 1. The van der Waals surface area contributed by atoms with Gasteiger partial charge in [0.1, 0.15) is 23.5 Å². The van der Waals surface area contributed by atoms with Crippen molar-refractivity contribution in [1.29, 1.82) is 0 Å². The molecule has 0 unspecified atom stereocenters. The van der Waals surface area contributed by atoms with Crippen LogP contribution in [0.2, 0.25) is 0 Å². The van der Waals surface area contributed by atoms with Gasteiger partial charge < -0.3 is 10.3 Å². The Hall–Kier alpha value is -4.22. The van der Waals surface area contributed by atoms with Crippen LogP contribution in [0.5, 0.6) is 0 Å². The van der Waals surface area contributed by atoms with Gasteiger partial charge in [0.25, 0.3) is 0 Å². The van der Waals surface area contributed by atoms with Crippen LogP contribution in [0.25, 0.3) is 22.5 Å². The van der Waals surface area contributed by atoms with E-state index in [9.17, 15) is 13.6 Å². The molecule has 1 aromatic carbocycles. The van der Waals surface area contributed by atoms with Crippen LogP contribution in [-0.2, 0) is 0 Å². The lowest BCUT2D eigenvalue weighted by atomic mass is 10.2. The number of hydrogen-bond donors (Lipinski definition) is 2. The van der Waals surface area contributed by atoms with Crippen LogP contribution in [0, 0.1) is 11.6 Å². The number of hydrogen-bond acceptors (Lipinski definition) is 7. The molecule has 30 heavy (non-hydrogen) atoms. The molecule has 0 fully saturated rings. The van der Waals surface area contributed by atoms with E-state index in [0.717, 1.165) is 22.8 Å². The van der Waals surface area contributed by atoms with Crippen LogP contribution in [0.1, 0.15) is 18.8 Å². The maximum absolute atomic E-state index is 13.9. The third-order valence-electron chi connectivity index (χ3n) is 4.52. The molecule has 0 aliphatic heterocycles. The summed E-state index contributed by atoms with van der Waals surface area (Å²) in [6.07, 6.45) is 5.76. The summed E-state index contributed by atoms with van der Waals surface area (Å²) >= 11 is 0. The zero-order chi connectivity index (χ0) is 20.8. The molecule has 10 nitrogen and oxygen atoms in total. The van der Waals surface area contributed by atoms with Gasteiger partial charge in [-0.1, -0.05) is 0 Å². The minimum Gasteiger partial charge on any atom is -0.358 e. The zero-order valence-corrected chi connectivity index (χ0v) is 15.4. The van der Waals surface area contributed by atoms with Gasteiger partial charge in [0.05, 0.1) is 18.1 Å². The normalized spacial score (nSPS) is 12.5. The standard InChI is InChI=1S/C18H13F2N9O/c1-9(26-15-13-14(23-7-22-13)24-8-25-15)16-27-28-3-2-21-17(28)18(30)29(16)12-5-10(19)4-11(20)6-12/h2-9H,1H3,(H2,22,23,24,25,26)/t9-/m0/s1. The highest BCUT2D eigenvalue weighted by atomic mass is 19.1. The van der Waals surface area contributed by atoms with Crippen molar-refractivity contribution in [3.05, 3.63) is 71.1 Å². The molecule has 150 valence electrons. The fourth-order valence-electron chi connectivity index (χ4n) is 3.23. The molecule has 0 aliphatic carbocycles. The number of nitrogens with zero attached hydrogens (tertiary/aromatic N) is 7. The quantitative estimate of drug-likeness (QED) is 0.466. The van der Waals surface area contributed by atoms with Crippen LogP contribution in [-0.4, -0.2) is 39.1 Å². The Morgan fingerprint density at radius 2 is 1.90 bits per heavy atom. The molecule has 0 radical (unpaired) electrons. The van der Waals surface area contributed by atoms with E-state index >= 15 is 0 Å². The molecule has 0 bridgehead atoms. The molecule has 5 rings (SSSR count). The number of imidazole rings is 2. The molecule has 0 saturated heterocycles. The van der Waals surface area contributed by atoms with Crippen molar-refractivity contribution in [2.24, 2.45) is 0 Å². The topological polar surface area (TPSA) is 119 Å². The van der Waals surface area contributed by atoms with Gasteiger partial charge >= 0.3 is 5.56 Å². The number of rotatable bonds is 4. The lowest BCUT2D eigenvalue weighted by Crippen LogP contribution is -2.30. The van der Waals surface area contributed by atoms with Crippen LogP contribution in [0.15, 0.2) is 48.0 Å². The van der Waals surface area contributed by atoms with E-state index in [1.54, 1.807) is 6.92 Å². The summed E-state index contributed by atoms with van der Waals surface area (Å²) in [5.41, 5.74) is 0.473. The molecule has 0 saturated carbocycles. The molecule has 12 heteroatoms. The number of fused-ring (bicyclic) bond motifs is 2. The van der Waals surface area contributed by atoms with Gasteiger partial charge in [-0.05, 0) is 19.1 Å². The predicted octanol–water partition coefficient (Wildman–Crippen LogP) is 2.00. The average molecular weight is 409 g/mol. The van der Waals surface area contributed by atoms with Crippen LogP contribution < -0.4 is 10.9 Å². The van der Waals surface area contributed by atoms with Gasteiger partial charge in [-0.3, -0.25) is 9.36 Å². The van der Waals surface area contributed by atoms with E-state index < -0.39 is 23.2 Å². The number of anilines is 1. The predicted molar refractivity (Wildman–Crippen MR) is 102 cm³/mol. The number of H-pyrrole nitrogens is 1. The fourth-order valence-corrected chi connectivity index (χ4v) is 3.23. The van der Waals surface area contributed by atoms with Gasteiger partial charge in [-0.2, -0.15) is 5.10 Å². The van der Waals surface area contributed by atoms with Crippen LogP contribution >= 0.6 is 0 Å². The Balaban J connectivity index is 1.69. The summed E-state index contributed by atoms with van der Waals surface area (Å²) in [5.74, 6) is -1.01. The average Bonchev–Trinajstić information content (AvgIpc) is 3.36. The Morgan fingerprint density at radius 1 is 1.10 bits per heavy atom.